The lowest BCUT2D eigenvalue weighted by Gasteiger charge is -2.11. The SMILES string of the molecule is CC(=O)c1ccc(-c2cc(Cl)c3c(c2)CC(CNC(=O)/C=C/Cc2cccnc2)O3)s1. The Balaban J connectivity index is 1.34. The largest absolute Gasteiger partial charge is 0.486 e. The molecule has 0 aliphatic carbocycles. The van der Waals surface area contributed by atoms with Gasteiger partial charge in [-0.1, -0.05) is 23.7 Å². The molecular weight excluding hydrogens is 432 g/mol. The maximum atomic E-state index is 12.1. The highest BCUT2D eigenvalue weighted by molar-refractivity contribution is 7.17. The van der Waals surface area contributed by atoms with Crippen molar-refractivity contribution >= 4 is 34.6 Å². The van der Waals surface area contributed by atoms with E-state index in [1.807, 2.05) is 42.5 Å². The fraction of sp³-hybridized carbons (Fsp3) is 0.208. The minimum absolute atomic E-state index is 0.0529. The molecule has 1 atom stereocenters. The molecule has 0 spiro atoms. The highest BCUT2D eigenvalue weighted by Crippen LogP contribution is 2.41. The smallest absolute Gasteiger partial charge is 0.243 e. The molecule has 1 unspecified atom stereocenters. The molecule has 1 N–H and O–H groups in total. The predicted molar refractivity (Wildman–Crippen MR) is 123 cm³/mol. The topological polar surface area (TPSA) is 68.3 Å². The van der Waals surface area contributed by atoms with Gasteiger partial charge in [0.2, 0.25) is 5.91 Å². The van der Waals surface area contributed by atoms with E-state index in [4.69, 9.17) is 16.3 Å². The molecule has 1 aliphatic rings. The summed E-state index contributed by atoms with van der Waals surface area (Å²) in [6, 6.07) is 11.5. The number of fused-ring (bicyclic) bond motifs is 1. The van der Waals surface area contributed by atoms with Gasteiger partial charge in [-0.3, -0.25) is 14.6 Å². The van der Waals surface area contributed by atoms with E-state index < -0.39 is 0 Å². The van der Waals surface area contributed by atoms with Crippen LogP contribution in [0.2, 0.25) is 5.02 Å². The second-order valence-electron chi connectivity index (χ2n) is 7.32. The molecule has 1 aliphatic heterocycles. The Labute approximate surface area is 189 Å². The van der Waals surface area contributed by atoms with Crippen LogP contribution in [-0.4, -0.2) is 29.3 Å². The van der Waals surface area contributed by atoms with Gasteiger partial charge >= 0.3 is 0 Å². The van der Waals surface area contributed by atoms with E-state index in [0.717, 1.165) is 26.4 Å². The van der Waals surface area contributed by atoms with Crippen LogP contribution in [0.3, 0.4) is 0 Å². The van der Waals surface area contributed by atoms with Gasteiger partial charge in [-0.15, -0.1) is 11.3 Å². The van der Waals surface area contributed by atoms with Crippen LogP contribution in [0.25, 0.3) is 10.4 Å². The third kappa shape index (κ3) is 5.21. The van der Waals surface area contributed by atoms with Crippen LogP contribution in [0, 0.1) is 0 Å². The summed E-state index contributed by atoms with van der Waals surface area (Å²) in [4.78, 5) is 29.4. The average molecular weight is 453 g/mol. The highest BCUT2D eigenvalue weighted by Gasteiger charge is 2.26. The monoisotopic (exact) mass is 452 g/mol. The van der Waals surface area contributed by atoms with Gasteiger partial charge in [-0.25, -0.2) is 0 Å². The van der Waals surface area contributed by atoms with E-state index in [1.165, 1.54) is 17.4 Å². The minimum atomic E-state index is -0.172. The molecule has 31 heavy (non-hydrogen) atoms. The average Bonchev–Trinajstić information content (AvgIpc) is 3.41. The Morgan fingerprint density at radius 2 is 2.19 bits per heavy atom. The summed E-state index contributed by atoms with van der Waals surface area (Å²) in [6.07, 6.45) is 7.99. The number of hydrogen-bond donors (Lipinski definition) is 1. The maximum absolute atomic E-state index is 12.1. The van der Waals surface area contributed by atoms with Crippen molar-refractivity contribution in [2.75, 3.05) is 6.54 Å². The maximum Gasteiger partial charge on any atom is 0.243 e. The lowest BCUT2D eigenvalue weighted by Crippen LogP contribution is -2.33. The number of ether oxygens (including phenoxy) is 1. The van der Waals surface area contributed by atoms with Gasteiger partial charge in [0, 0.05) is 29.3 Å². The number of amides is 1. The Morgan fingerprint density at radius 3 is 2.94 bits per heavy atom. The number of rotatable bonds is 7. The van der Waals surface area contributed by atoms with Crippen molar-refractivity contribution in [3.05, 3.63) is 82.0 Å². The van der Waals surface area contributed by atoms with Crippen LogP contribution >= 0.6 is 22.9 Å². The number of carbonyl (C=O) groups excluding carboxylic acids is 2. The molecule has 0 saturated heterocycles. The van der Waals surface area contributed by atoms with Crippen molar-refractivity contribution in [1.29, 1.82) is 0 Å². The van der Waals surface area contributed by atoms with Gasteiger partial charge in [-0.05, 0) is 60.9 Å². The molecule has 2 aromatic heterocycles. The summed E-state index contributed by atoms with van der Waals surface area (Å²) in [5.74, 6) is 0.558. The molecule has 0 bridgehead atoms. The second kappa shape index (κ2) is 9.45. The molecule has 0 saturated carbocycles. The number of halogens is 1. The molecule has 1 amide bonds. The zero-order valence-corrected chi connectivity index (χ0v) is 18.5. The summed E-state index contributed by atoms with van der Waals surface area (Å²) < 4.78 is 5.97. The van der Waals surface area contributed by atoms with Crippen LogP contribution in [0.5, 0.6) is 5.75 Å². The summed E-state index contributed by atoms with van der Waals surface area (Å²) in [5.41, 5.74) is 3.02. The Kier molecular flexibility index (Phi) is 6.49. The van der Waals surface area contributed by atoms with Crippen LogP contribution in [0.1, 0.15) is 27.7 Å². The molecule has 3 aromatic rings. The normalized spacial score (nSPS) is 15.0. The predicted octanol–water partition coefficient (Wildman–Crippen LogP) is 4.88. The van der Waals surface area contributed by atoms with Crippen molar-refractivity contribution in [3.63, 3.8) is 0 Å². The number of nitrogens with one attached hydrogen (secondary N) is 1. The van der Waals surface area contributed by atoms with Gasteiger partial charge in [0.25, 0.3) is 0 Å². The number of benzene rings is 1. The van der Waals surface area contributed by atoms with Crippen molar-refractivity contribution in [3.8, 4) is 16.2 Å². The number of ketones is 1. The van der Waals surface area contributed by atoms with E-state index >= 15 is 0 Å². The van der Waals surface area contributed by atoms with E-state index in [1.54, 1.807) is 19.3 Å². The lowest BCUT2D eigenvalue weighted by molar-refractivity contribution is -0.116. The number of aromatic nitrogens is 1. The van der Waals surface area contributed by atoms with Crippen LogP contribution < -0.4 is 10.1 Å². The second-order valence-corrected chi connectivity index (χ2v) is 8.81. The quantitative estimate of drug-likeness (QED) is 0.409. The van der Waals surface area contributed by atoms with Crippen molar-refractivity contribution in [2.24, 2.45) is 0 Å². The number of allylic oxidation sites excluding steroid dienone is 1. The first-order valence-electron chi connectivity index (χ1n) is 9.93. The van der Waals surface area contributed by atoms with Gasteiger partial charge in [0.1, 0.15) is 11.9 Å². The first-order valence-corrected chi connectivity index (χ1v) is 11.1. The molecule has 4 rings (SSSR count). The van der Waals surface area contributed by atoms with Crippen LogP contribution in [0.4, 0.5) is 0 Å². The van der Waals surface area contributed by atoms with Gasteiger partial charge in [0.05, 0.1) is 16.4 Å². The highest BCUT2D eigenvalue weighted by atomic mass is 35.5. The molecular formula is C24H21ClN2O3S. The first-order chi connectivity index (χ1) is 15.0. The molecule has 158 valence electrons. The van der Waals surface area contributed by atoms with Crippen LogP contribution in [0.15, 0.2) is 60.9 Å². The summed E-state index contributed by atoms with van der Waals surface area (Å²) in [7, 11) is 0. The number of hydrogen-bond acceptors (Lipinski definition) is 5. The van der Waals surface area contributed by atoms with Crippen molar-refractivity contribution in [1.82, 2.24) is 10.3 Å². The molecule has 7 heteroatoms. The number of pyridine rings is 1. The number of thiophene rings is 1. The molecule has 0 radical (unpaired) electrons. The number of carbonyl (C=O) groups is 2. The minimum Gasteiger partial charge on any atom is -0.486 e. The van der Waals surface area contributed by atoms with Gasteiger partial charge in [-0.2, -0.15) is 0 Å². The standard InChI is InChI=1S/C24H21ClN2O3S/c1-15(28)21-7-8-22(31-21)17-10-18-11-19(30-24(18)20(25)12-17)14-27-23(29)6-2-4-16-5-3-9-26-13-16/h2-3,5-10,12-13,19H,4,11,14H2,1H3,(H,27,29)/b6-2+. The number of Topliss-reactive ketones (excluding diaryl/α,β-unsaturated/α-hetero) is 1. The summed E-state index contributed by atoms with van der Waals surface area (Å²) >= 11 is 7.91. The Bertz CT molecular complexity index is 1140. The van der Waals surface area contributed by atoms with Crippen LogP contribution in [-0.2, 0) is 17.6 Å². The molecule has 0 fully saturated rings. The number of nitrogens with zero attached hydrogens (tertiary/aromatic N) is 1. The van der Waals surface area contributed by atoms with Crippen molar-refractivity contribution in [2.45, 2.75) is 25.9 Å². The molecule has 5 nitrogen and oxygen atoms in total. The van der Waals surface area contributed by atoms with E-state index in [2.05, 4.69) is 10.3 Å². The van der Waals surface area contributed by atoms with Gasteiger partial charge in [0.15, 0.2) is 5.78 Å². The fourth-order valence-corrected chi connectivity index (χ4v) is 4.59. The Morgan fingerprint density at radius 1 is 1.32 bits per heavy atom. The molecule has 3 heterocycles. The van der Waals surface area contributed by atoms with E-state index in [-0.39, 0.29) is 17.8 Å². The molecule has 1 aromatic carbocycles. The Hall–Kier alpha value is -2.96. The van der Waals surface area contributed by atoms with E-state index in [9.17, 15) is 9.59 Å². The van der Waals surface area contributed by atoms with Crippen molar-refractivity contribution < 1.29 is 14.3 Å². The third-order valence-corrected chi connectivity index (χ3v) is 6.46. The third-order valence-electron chi connectivity index (χ3n) is 4.94. The van der Waals surface area contributed by atoms with E-state index in [0.29, 0.717) is 30.2 Å². The zero-order valence-electron chi connectivity index (χ0n) is 16.9. The summed E-state index contributed by atoms with van der Waals surface area (Å²) in [6.45, 7) is 1.95. The van der Waals surface area contributed by atoms with Gasteiger partial charge < -0.3 is 10.1 Å². The fourth-order valence-electron chi connectivity index (χ4n) is 3.42. The summed E-state index contributed by atoms with van der Waals surface area (Å²) in [5, 5.41) is 3.42. The first kappa shape index (κ1) is 21.3. The zero-order chi connectivity index (χ0) is 21.8. The lowest BCUT2D eigenvalue weighted by atomic mass is 10.1.